The van der Waals surface area contributed by atoms with E-state index in [1.165, 1.54) is 4.90 Å². The lowest BCUT2D eigenvalue weighted by Gasteiger charge is -2.32. The van der Waals surface area contributed by atoms with Gasteiger partial charge in [0, 0.05) is 22.9 Å². The molecule has 3 aromatic carbocycles. The van der Waals surface area contributed by atoms with Crippen LogP contribution in [0.1, 0.15) is 44.9 Å². The molecule has 7 heteroatoms. The molecular formula is C34H30N4O3. The molecule has 0 saturated heterocycles. The summed E-state index contributed by atoms with van der Waals surface area (Å²) in [6, 6.07) is 28.1. The number of carbonyl (C=O) groups is 2. The first-order valence-electron chi connectivity index (χ1n) is 13.5. The maximum atomic E-state index is 13.9. The van der Waals surface area contributed by atoms with Gasteiger partial charge in [0.25, 0.3) is 11.8 Å². The number of hydrogen-bond acceptors (Lipinski definition) is 5. The molecule has 5 rings (SSSR count). The Kier molecular flexibility index (Phi) is 7.66. The molecule has 1 aromatic heterocycles. The molecule has 7 nitrogen and oxygen atoms in total. The molecular weight excluding hydrogens is 512 g/mol. The number of nitriles is 1. The van der Waals surface area contributed by atoms with E-state index in [4.69, 9.17) is 9.84 Å². The summed E-state index contributed by atoms with van der Waals surface area (Å²) >= 11 is 0. The van der Waals surface area contributed by atoms with Crippen LogP contribution in [0, 0.1) is 11.3 Å². The van der Waals surface area contributed by atoms with Gasteiger partial charge in [0.1, 0.15) is 17.4 Å². The number of aromatic nitrogens is 2. The highest BCUT2D eigenvalue weighted by molar-refractivity contribution is 6.20. The first-order valence-corrected chi connectivity index (χ1v) is 13.5. The van der Waals surface area contributed by atoms with E-state index in [0.29, 0.717) is 16.8 Å². The van der Waals surface area contributed by atoms with Gasteiger partial charge in [0.2, 0.25) is 0 Å². The summed E-state index contributed by atoms with van der Waals surface area (Å²) in [4.78, 5) is 28.5. The topological polar surface area (TPSA) is 88.2 Å². The number of para-hydroxylation sites is 1. The largest absolute Gasteiger partial charge is 0.491 e. The average molecular weight is 543 g/mol. The van der Waals surface area contributed by atoms with Crippen LogP contribution in [0.5, 0.6) is 5.75 Å². The molecule has 0 fully saturated rings. The Balaban J connectivity index is 1.65. The predicted molar refractivity (Wildman–Crippen MR) is 158 cm³/mol. The Morgan fingerprint density at radius 3 is 2.12 bits per heavy atom. The summed E-state index contributed by atoms with van der Waals surface area (Å²) in [7, 11) is 0. The van der Waals surface area contributed by atoms with Crippen LogP contribution in [0.15, 0.2) is 108 Å². The molecule has 0 aliphatic carbocycles. The molecule has 0 radical (unpaired) electrons. The van der Waals surface area contributed by atoms with Crippen molar-refractivity contribution >= 4 is 17.9 Å². The van der Waals surface area contributed by atoms with Gasteiger partial charge in [-0.2, -0.15) is 10.4 Å². The van der Waals surface area contributed by atoms with E-state index in [2.05, 4.69) is 0 Å². The number of ether oxygens (including phenoxy) is 1. The number of hydrogen-bond donors (Lipinski definition) is 0. The lowest BCUT2D eigenvalue weighted by molar-refractivity contribution is -0.143. The highest BCUT2D eigenvalue weighted by atomic mass is 16.5. The maximum Gasteiger partial charge on any atom is 0.272 e. The SMILES string of the molecule is CC1=C(C#N)C(=O)N(C(C)c2ccccc2)C(=O)/C1=C/c1cn(-c2ccccc2)nc1-c1ccc(OC(C)C)cc1. The van der Waals surface area contributed by atoms with E-state index in [1.807, 2.05) is 111 Å². The predicted octanol–water partition coefficient (Wildman–Crippen LogP) is 6.68. The molecule has 0 spiro atoms. The molecule has 2 amide bonds. The molecule has 4 aromatic rings. The Labute approximate surface area is 239 Å². The second-order valence-electron chi connectivity index (χ2n) is 10.1. The van der Waals surface area contributed by atoms with Gasteiger partial charge in [-0.05, 0) is 81.3 Å². The molecule has 1 aliphatic heterocycles. The van der Waals surface area contributed by atoms with Crippen molar-refractivity contribution in [2.24, 2.45) is 0 Å². The molecule has 2 heterocycles. The summed E-state index contributed by atoms with van der Waals surface area (Å²) in [5.41, 5.74) is 4.38. The van der Waals surface area contributed by atoms with Gasteiger partial charge < -0.3 is 4.74 Å². The number of benzene rings is 3. The standard InChI is InChI=1S/C34H30N4O3/c1-22(2)41-29-17-15-26(16-18-29)32-27(21-37(36-32)28-13-9-6-10-14-28)19-30-23(3)31(20-35)34(40)38(33(30)39)24(4)25-11-7-5-8-12-25/h5-19,21-22,24H,1-4H3/b30-19+. The summed E-state index contributed by atoms with van der Waals surface area (Å²) in [6.07, 6.45) is 3.63. The highest BCUT2D eigenvalue weighted by Crippen LogP contribution is 2.35. The van der Waals surface area contributed by atoms with Crippen molar-refractivity contribution in [3.05, 3.63) is 119 Å². The van der Waals surface area contributed by atoms with Gasteiger partial charge in [-0.15, -0.1) is 0 Å². The number of rotatable bonds is 7. The second kappa shape index (κ2) is 11.5. The van der Waals surface area contributed by atoms with Crippen molar-refractivity contribution in [2.45, 2.75) is 39.8 Å². The minimum absolute atomic E-state index is 0.0452. The first kappa shape index (κ1) is 27.4. The molecule has 204 valence electrons. The van der Waals surface area contributed by atoms with Gasteiger partial charge in [0.15, 0.2) is 0 Å². The van der Waals surface area contributed by atoms with E-state index in [0.717, 1.165) is 22.6 Å². The van der Waals surface area contributed by atoms with Crippen molar-refractivity contribution in [2.75, 3.05) is 0 Å². The van der Waals surface area contributed by atoms with Crippen LogP contribution >= 0.6 is 0 Å². The van der Waals surface area contributed by atoms with Crippen LogP contribution in [-0.4, -0.2) is 32.6 Å². The summed E-state index contributed by atoms with van der Waals surface area (Å²) < 4.78 is 7.57. The molecule has 0 N–H and O–H groups in total. The van der Waals surface area contributed by atoms with Crippen LogP contribution < -0.4 is 4.74 Å². The summed E-state index contributed by atoms with van der Waals surface area (Å²) in [6.45, 7) is 7.37. The Bertz CT molecular complexity index is 1690. The Morgan fingerprint density at radius 1 is 0.878 bits per heavy atom. The smallest absolute Gasteiger partial charge is 0.272 e. The van der Waals surface area contributed by atoms with Crippen molar-refractivity contribution in [1.29, 1.82) is 5.26 Å². The minimum atomic E-state index is -0.593. The van der Waals surface area contributed by atoms with Crippen LogP contribution in [0.2, 0.25) is 0 Å². The maximum absolute atomic E-state index is 13.9. The zero-order chi connectivity index (χ0) is 29.1. The third-order valence-corrected chi connectivity index (χ3v) is 7.00. The molecule has 41 heavy (non-hydrogen) atoms. The monoisotopic (exact) mass is 542 g/mol. The van der Waals surface area contributed by atoms with Crippen LogP contribution in [0.4, 0.5) is 0 Å². The fourth-order valence-corrected chi connectivity index (χ4v) is 4.88. The van der Waals surface area contributed by atoms with Crippen LogP contribution in [-0.2, 0) is 9.59 Å². The fourth-order valence-electron chi connectivity index (χ4n) is 4.88. The lowest BCUT2D eigenvalue weighted by atomic mass is 9.91. The lowest BCUT2D eigenvalue weighted by Crippen LogP contribution is -2.44. The Hall–Kier alpha value is -5.22. The van der Waals surface area contributed by atoms with Gasteiger partial charge in [-0.3, -0.25) is 14.5 Å². The Morgan fingerprint density at radius 2 is 1.51 bits per heavy atom. The fraction of sp³-hybridized carbons (Fsp3) is 0.176. The quantitative estimate of drug-likeness (QED) is 0.192. The van der Waals surface area contributed by atoms with Gasteiger partial charge in [0.05, 0.1) is 23.5 Å². The number of imide groups is 1. The van der Waals surface area contributed by atoms with Gasteiger partial charge in [-0.1, -0.05) is 48.5 Å². The zero-order valence-electron chi connectivity index (χ0n) is 23.4. The number of nitrogens with zero attached hydrogens (tertiary/aromatic N) is 4. The molecule has 0 saturated carbocycles. The third-order valence-electron chi connectivity index (χ3n) is 7.00. The van der Waals surface area contributed by atoms with E-state index in [9.17, 15) is 14.9 Å². The first-order chi connectivity index (χ1) is 19.8. The molecule has 1 aliphatic rings. The van der Waals surface area contributed by atoms with E-state index in [1.54, 1.807) is 24.6 Å². The highest BCUT2D eigenvalue weighted by Gasteiger charge is 2.38. The molecule has 1 atom stereocenters. The average Bonchev–Trinajstić information content (AvgIpc) is 3.40. The zero-order valence-corrected chi connectivity index (χ0v) is 23.4. The van der Waals surface area contributed by atoms with Crippen LogP contribution in [0.25, 0.3) is 23.0 Å². The molecule has 1 unspecified atom stereocenters. The number of amides is 2. The normalized spacial score (nSPS) is 15.4. The summed E-state index contributed by atoms with van der Waals surface area (Å²) in [5, 5.41) is 14.8. The van der Waals surface area contributed by atoms with Crippen molar-refractivity contribution in [1.82, 2.24) is 14.7 Å². The van der Waals surface area contributed by atoms with E-state index in [-0.39, 0.29) is 17.3 Å². The van der Waals surface area contributed by atoms with Gasteiger partial charge in [-0.25, -0.2) is 4.68 Å². The third kappa shape index (κ3) is 5.45. The number of carbonyl (C=O) groups excluding carboxylic acids is 2. The summed E-state index contributed by atoms with van der Waals surface area (Å²) in [5.74, 6) is -0.304. The van der Waals surface area contributed by atoms with Crippen molar-refractivity contribution in [3.8, 4) is 28.8 Å². The minimum Gasteiger partial charge on any atom is -0.491 e. The second-order valence-corrected chi connectivity index (χ2v) is 10.1. The van der Waals surface area contributed by atoms with E-state index >= 15 is 0 Å². The van der Waals surface area contributed by atoms with E-state index < -0.39 is 17.9 Å². The van der Waals surface area contributed by atoms with Crippen LogP contribution in [0.3, 0.4) is 0 Å². The van der Waals surface area contributed by atoms with Gasteiger partial charge >= 0.3 is 0 Å². The van der Waals surface area contributed by atoms with Crippen molar-refractivity contribution in [3.63, 3.8) is 0 Å². The van der Waals surface area contributed by atoms with Crippen molar-refractivity contribution < 1.29 is 14.3 Å². The molecule has 0 bridgehead atoms.